The van der Waals surface area contributed by atoms with Crippen LogP contribution in [0.5, 0.6) is 5.75 Å². The summed E-state index contributed by atoms with van der Waals surface area (Å²) >= 11 is 0. The Bertz CT molecular complexity index is 574. The van der Waals surface area contributed by atoms with Crippen LogP contribution in [0, 0.1) is 5.82 Å². The van der Waals surface area contributed by atoms with Gasteiger partial charge in [0.25, 0.3) is 0 Å². The average Bonchev–Trinajstić information content (AvgIpc) is 2.74. The smallest absolute Gasteiger partial charge is 0.154 e. The minimum atomic E-state index is -2.98. The summed E-state index contributed by atoms with van der Waals surface area (Å²) in [7, 11) is -1.49. The normalized spacial score (nSPS) is 22.6. The Kier molecular flexibility index (Phi) is 4.65. The molecule has 1 saturated heterocycles. The molecular formula is C14H20FNO3S. The molecule has 1 heterocycles. The molecule has 1 aromatic rings. The van der Waals surface area contributed by atoms with Gasteiger partial charge >= 0.3 is 0 Å². The molecule has 4 nitrogen and oxygen atoms in total. The number of methoxy groups -OCH3 is 1. The number of ether oxygens (including phenoxy) is 1. The van der Waals surface area contributed by atoms with E-state index in [0.29, 0.717) is 30.7 Å². The lowest BCUT2D eigenvalue weighted by atomic mass is 10.1. The summed E-state index contributed by atoms with van der Waals surface area (Å²) in [6.07, 6.45) is 1.39. The van der Waals surface area contributed by atoms with Crippen LogP contribution in [0.4, 0.5) is 4.39 Å². The van der Waals surface area contributed by atoms with Gasteiger partial charge in [-0.1, -0.05) is 6.07 Å². The van der Waals surface area contributed by atoms with Crippen molar-refractivity contribution in [3.63, 3.8) is 0 Å². The first-order valence-corrected chi connectivity index (χ1v) is 8.44. The largest absolute Gasteiger partial charge is 0.496 e. The van der Waals surface area contributed by atoms with E-state index in [1.165, 1.54) is 13.2 Å². The molecule has 0 bridgehead atoms. The lowest BCUT2D eigenvalue weighted by Crippen LogP contribution is -2.32. The van der Waals surface area contributed by atoms with Crippen LogP contribution < -0.4 is 10.1 Å². The van der Waals surface area contributed by atoms with Crippen LogP contribution in [0.1, 0.15) is 31.4 Å². The van der Waals surface area contributed by atoms with Gasteiger partial charge in [0.2, 0.25) is 0 Å². The lowest BCUT2D eigenvalue weighted by Gasteiger charge is -2.20. The van der Waals surface area contributed by atoms with E-state index in [-0.39, 0.29) is 22.9 Å². The first-order valence-electron chi connectivity index (χ1n) is 6.73. The maximum absolute atomic E-state index is 13.9. The Labute approximate surface area is 119 Å². The Hall–Kier alpha value is -1.14. The van der Waals surface area contributed by atoms with Gasteiger partial charge in [0.05, 0.1) is 18.1 Å². The predicted molar refractivity (Wildman–Crippen MR) is 76.2 cm³/mol. The van der Waals surface area contributed by atoms with Crippen molar-refractivity contribution in [2.24, 2.45) is 0 Å². The van der Waals surface area contributed by atoms with Crippen molar-refractivity contribution in [1.82, 2.24) is 5.32 Å². The Balaban J connectivity index is 2.07. The molecule has 2 unspecified atom stereocenters. The second-order valence-electron chi connectivity index (χ2n) is 5.12. The first-order chi connectivity index (χ1) is 9.45. The molecule has 0 radical (unpaired) electrons. The number of nitrogens with one attached hydrogen (secondary N) is 1. The summed E-state index contributed by atoms with van der Waals surface area (Å²) in [6.45, 7) is 2.16. The molecule has 1 aliphatic rings. The van der Waals surface area contributed by atoms with Crippen molar-refractivity contribution < 1.29 is 17.5 Å². The number of benzene rings is 1. The van der Waals surface area contributed by atoms with Crippen molar-refractivity contribution >= 4 is 9.84 Å². The summed E-state index contributed by atoms with van der Waals surface area (Å²) in [5.41, 5.74) is 0.436. The van der Waals surface area contributed by atoms with Crippen LogP contribution in [0.3, 0.4) is 0 Å². The fourth-order valence-corrected chi connectivity index (χ4v) is 4.39. The van der Waals surface area contributed by atoms with Crippen molar-refractivity contribution in [2.45, 2.75) is 31.1 Å². The number of hydrogen-bond donors (Lipinski definition) is 1. The fraction of sp³-hybridized carbons (Fsp3) is 0.571. The molecule has 2 rings (SSSR count). The van der Waals surface area contributed by atoms with Gasteiger partial charge in [0.15, 0.2) is 9.84 Å². The van der Waals surface area contributed by atoms with Crippen LogP contribution >= 0.6 is 0 Å². The Morgan fingerprint density at radius 2 is 2.25 bits per heavy atom. The first kappa shape index (κ1) is 15.3. The van der Waals surface area contributed by atoms with E-state index < -0.39 is 9.84 Å². The van der Waals surface area contributed by atoms with Crippen LogP contribution in [0.25, 0.3) is 0 Å². The zero-order valence-corrected chi connectivity index (χ0v) is 12.5. The average molecular weight is 301 g/mol. The molecule has 1 N–H and O–H groups in total. The summed E-state index contributed by atoms with van der Waals surface area (Å²) in [5, 5.41) is 2.75. The molecule has 6 heteroatoms. The van der Waals surface area contributed by atoms with E-state index in [1.807, 2.05) is 6.92 Å². The van der Waals surface area contributed by atoms with E-state index in [4.69, 9.17) is 4.74 Å². The third kappa shape index (κ3) is 3.12. The Morgan fingerprint density at radius 1 is 1.50 bits per heavy atom. The molecule has 0 amide bonds. The highest BCUT2D eigenvalue weighted by molar-refractivity contribution is 7.92. The van der Waals surface area contributed by atoms with Gasteiger partial charge in [0, 0.05) is 18.2 Å². The summed E-state index contributed by atoms with van der Waals surface area (Å²) in [4.78, 5) is 0. The molecule has 112 valence electrons. The molecule has 0 spiro atoms. The van der Waals surface area contributed by atoms with Gasteiger partial charge in [-0.3, -0.25) is 0 Å². The van der Waals surface area contributed by atoms with Gasteiger partial charge in [0.1, 0.15) is 11.6 Å². The molecule has 1 aliphatic heterocycles. The third-order valence-corrected chi connectivity index (χ3v) is 6.06. The maximum atomic E-state index is 13.9. The molecule has 0 aromatic heterocycles. The molecule has 1 aromatic carbocycles. The van der Waals surface area contributed by atoms with Gasteiger partial charge in [-0.25, -0.2) is 12.8 Å². The van der Waals surface area contributed by atoms with Crippen molar-refractivity contribution in [2.75, 3.05) is 19.4 Å². The van der Waals surface area contributed by atoms with Gasteiger partial charge < -0.3 is 10.1 Å². The Morgan fingerprint density at radius 3 is 2.85 bits per heavy atom. The summed E-state index contributed by atoms with van der Waals surface area (Å²) in [6, 6.07) is 4.36. The molecule has 2 atom stereocenters. The quantitative estimate of drug-likeness (QED) is 0.904. The topological polar surface area (TPSA) is 55.4 Å². The second kappa shape index (κ2) is 6.10. The molecule has 0 aliphatic carbocycles. The zero-order chi connectivity index (χ0) is 14.8. The highest BCUT2D eigenvalue weighted by Crippen LogP contribution is 2.28. The molecule has 0 saturated carbocycles. The minimum absolute atomic E-state index is 0.261. The van der Waals surface area contributed by atoms with Crippen LogP contribution in [-0.4, -0.2) is 33.1 Å². The zero-order valence-electron chi connectivity index (χ0n) is 11.7. The number of rotatable bonds is 5. The van der Waals surface area contributed by atoms with E-state index in [2.05, 4.69) is 5.32 Å². The molecular weight excluding hydrogens is 281 g/mol. The summed E-state index contributed by atoms with van der Waals surface area (Å²) in [5.74, 6) is 0.384. The lowest BCUT2D eigenvalue weighted by molar-refractivity contribution is 0.393. The maximum Gasteiger partial charge on any atom is 0.154 e. The van der Waals surface area contributed by atoms with E-state index in [9.17, 15) is 12.8 Å². The van der Waals surface area contributed by atoms with Gasteiger partial charge in [-0.2, -0.15) is 0 Å². The van der Waals surface area contributed by atoms with E-state index in [0.717, 1.165) is 0 Å². The molecule has 1 fully saturated rings. The van der Waals surface area contributed by atoms with Crippen LogP contribution in [0.15, 0.2) is 18.2 Å². The monoisotopic (exact) mass is 301 g/mol. The SMILES string of the molecule is COc1cccc(F)c1C(C)NCC1CCCS1(=O)=O. The van der Waals surface area contributed by atoms with E-state index >= 15 is 0 Å². The van der Waals surface area contributed by atoms with Crippen LogP contribution in [-0.2, 0) is 9.84 Å². The fourth-order valence-electron chi connectivity index (χ4n) is 2.61. The molecule has 20 heavy (non-hydrogen) atoms. The van der Waals surface area contributed by atoms with Crippen molar-refractivity contribution in [3.05, 3.63) is 29.6 Å². The van der Waals surface area contributed by atoms with Crippen LogP contribution in [0.2, 0.25) is 0 Å². The summed E-state index contributed by atoms with van der Waals surface area (Å²) < 4.78 is 42.6. The van der Waals surface area contributed by atoms with Gasteiger partial charge in [-0.05, 0) is 31.9 Å². The number of sulfone groups is 1. The third-order valence-electron chi connectivity index (χ3n) is 3.78. The number of hydrogen-bond acceptors (Lipinski definition) is 4. The minimum Gasteiger partial charge on any atom is -0.496 e. The second-order valence-corrected chi connectivity index (χ2v) is 7.52. The predicted octanol–water partition coefficient (Wildman–Crippen LogP) is 2.06. The number of halogens is 1. The van der Waals surface area contributed by atoms with Crippen molar-refractivity contribution in [3.8, 4) is 5.75 Å². The van der Waals surface area contributed by atoms with Crippen molar-refractivity contribution in [1.29, 1.82) is 0 Å². The van der Waals surface area contributed by atoms with E-state index in [1.54, 1.807) is 12.1 Å². The van der Waals surface area contributed by atoms with Gasteiger partial charge in [-0.15, -0.1) is 0 Å². The standard InChI is InChI=1S/C14H20FNO3S/c1-10(14-12(15)6-3-7-13(14)19-2)16-9-11-5-4-8-20(11,17)18/h3,6-7,10-11,16H,4-5,8-9H2,1-2H3. The highest BCUT2D eigenvalue weighted by Gasteiger charge is 2.31. The highest BCUT2D eigenvalue weighted by atomic mass is 32.2.